The molecule has 0 aliphatic rings. The molecule has 0 bridgehead atoms. The zero-order chi connectivity index (χ0) is 39.1. The van der Waals surface area contributed by atoms with E-state index in [1.165, 1.54) is 115 Å². The van der Waals surface area contributed by atoms with E-state index in [1.807, 2.05) is 19.1 Å². The van der Waals surface area contributed by atoms with Gasteiger partial charge in [-0.1, -0.05) is 156 Å². The second-order valence-corrected chi connectivity index (χ2v) is 15.1. The molecule has 1 N–H and O–H groups in total. The first-order chi connectivity index (χ1) is 26.4. The number of ether oxygens (including phenoxy) is 4. The fourth-order valence-electron chi connectivity index (χ4n) is 6.59. The van der Waals surface area contributed by atoms with Gasteiger partial charge in [0.1, 0.15) is 11.5 Å². The molecule has 2 aromatic rings. The predicted octanol–water partition coefficient (Wildman–Crippen LogP) is 14.7. The minimum absolute atomic E-state index is 0.127. The first-order valence-electron chi connectivity index (χ1n) is 22.2. The highest BCUT2D eigenvalue weighted by atomic mass is 16.5. The molecule has 0 fully saturated rings. The first kappa shape index (κ1) is 47.0. The molecule has 0 saturated carbocycles. The van der Waals surface area contributed by atoms with Gasteiger partial charge in [-0.25, -0.2) is 0 Å². The number of ketones is 1. The molecule has 0 heterocycles. The summed E-state index contributed by atoms with van der Waals surface area (Å²) in [7, 11) is 0. The van der Waals surface area contributed by atoms with Crippen molar-refractivity contribution in [2.45, 2.75) is 189 Å². The van der Waals surface area contributed by atoms with E-state index >= 15 is 0 Å². The quantitative estimate of drug-likeness (QED) is 0.0327. The zero-order valence-corrected chi connectivity index (χ0v) is 35.3. The van der Waals surface area contributed by atoms with E-state index in [0.717, 1.165) is 56.3 Å². The molecule has 0 saturated heterocycles. The monoisotopic (exact) mass is 751 g/mol. The number of carbonyl (C=O) groups excluding carboxylic acids is 1. The summed E-state index contributed by atoms with van der Waals surface area (Å²) >= 11 is 0. The van der Waals surface area contributed by atoms with Crippen LogP contribution in [0, 0.1) is 6.92 Å². The van der Waals surface area contributed by atoms with Crippen LogP contribution in [0.5, 0.6) is 23.0 Å². The summed E-state index contributed by atoms with van der Waals surface area (Å²) in [6.07, 6.45) is 29.6. The van der Waals surface area contributed by atoms with Gasteiger partial charge in [0.05, 0.1) is 26.4 Å². The minimum Gasteiger partial charge on any atom is -0.507 e. The van der Waals surface area contributed by atoms with Crippen molar-refractivity contribution >= 4 is 11.5 Å². The van der Waals surface area contributed by atoms with Crippen molar-refractivity contribution in [1.82, 2.24) is 0 Å². The van der Waals surface area contributed by atoms with Gasteiger partial charge >= 0.3 is 0 Å². The summed E-state index contributed by atoms with van der Waals surface area (Å²) in [6.45, 7) is 13.2. The standard InChI is InChI=1S/C48H78O6/c1-6-10-14-18-22-26-32-51-45-31-30-41(36-40(45)5)43(49)39-44(50)42-37-46(52-33-27-23-19-15-11-7-2)48(54-35-29-25-21-17-13-9-4)47(38-42)53-34-28-24-20-16-12-8-3/h30-31,36-39,50H,6-29,32-35H2,1-5H3/b44-39-. The lowest BCUT2D eigenvalue weighted by atomic mass is 10.0. The maximum Gasteiger partial charge on any atom is 0.203 e. The lowest BCUT2D eigenvalue weighted by Crippen LogP contribution is -2.07. The number of benzene rings is 2. The number of unbranched alkanes of at least 4 members (excludes halogenated alkanes) is 20. The summed E-state index contributed by atoms with van der Waals surface area (Å²) < 4.78 is 25.3. The third-order valence-corrected chi connectivity index (χ3v) is 10.1. The number of hydrogen-bond donors (Lipinski definition) is 1. The van der Waals surface area contributed by atoms with Crippen LogP contribution in [0.3, 0.4) is 0 Å². The van der Waals surface area contributed by atoms with Crippen molar-refractivity contribution in [2.75, 3.05) is 26.4 Å². The second kappa shape index (κ2) is 31.1. The molecule has 6 nitrogen and oxygen atoms in total. The molecule has 0 amide bonds. The van der Waals surface area contributed by atoms with Gasteiger partial charge in [0.2, 0.25) is 5.75 Å². The van der Waals surface area contributed by atoms with Crippen LogP contribution < -0.4 is 18.9 Å². The van der Waals surface area contributed by atoms with Crippen molar-refractivity contribution in [2.24, 2.45) is 0 Å². The fourth-order valence-corrected chi connectivity index (χ4v) is 6.59. The molecule has 2 aromatic carbocycles. The maximum absolute atomic E-state index is 13.5. The lowest BCUT2D eigenvalue weighted by molar-refractivity contribution is 0.104. The molecule has 0 radical (unpaired) electrons. The summed E-state index contributed by atoms with van der Waals surface area (Å²) in [5.41, 5.74) is 1.88. The average molecular weight is 751 g/mol. The van der Waals surface area contributed by atoms with Gasteiger partial charge in [0, 0.05) is 17.2 Å². The number of aliphatic hydroxyl groups is 1. The van der Waals surface area contributed by atoms with Crippen molar-refractivity contribution in [3.05, 3.63) is 53.1 Å². The Hall–Kier alpha value is -3.15. The largest absolute Gasteiger partial charge is 0.507 e. The lowest BCUT2D eigenvalue weighted by Gasteiger charge is -2.19. The topological polar surface area (TPSA) is 74.2 Å². The SMILES string of the molecule is CCCCCCCCOc1ccc(C(=O)/C=C(\O)c2cc(OCCCCCCCC)c(OCCCCCCCC)c(OCCCCCCCC)c2)cc1C. The van der Waals surface area contributed by atoms with Gasteiger partial charge in [-0.15, -0.1) is 0 Å². The van der Waals surface area contributed by atoms with E-state index in [4.69, 9.17) is 18.9 Å². The second-order valence-electron chi connectivity index (χ2n) is 15.1. The molecule has 2 rings (SSSR count). The van der Waals surface area contributed by atoms with Gasteiger partial charge in [-0.05, 0) is 68.5 Å². The van der Waals surface area contributed by atoms with Crippen molar-refractivity contribution in [3.8, 4) is 23.0 Å². The molecular weight excluding hydrogens is 673 g/mol. The molecule has 0 unspecified atom stereocenters. The van der Waals surface area contributed by atoms with Gasteiger partial charge in [0.25, 0.3) is 0 Å². The van der Waals surface area contributed by atoms with Crippen molar-refractivity contribution < 1.29 is 28.8 Å². The number of aliphatic hydroxyl groups excluding tert-OH is 1. The van der Waals surface area contributed by atoms with E-state index < -0.39 is 0 Å². The van der Waals surface area contributed by atoms with Gasteiger partial charge in [-0.3, -0.25) is 4.79 Å². The third-order valence-electron chi connectivity index (χ3n) is 10.1. The Morgan fingerprint density at radius 1 is 0.481 bits per heavy atom. The number of rotatable bonds is 35. The van der Waals surface area contributed by atoms with Gasteiger partial charge in [0.15, 0.2) is 17.3 Å². The molecule has 0 spiro atoms. The molecule has 0 aromatic heterocycles. The summed E-state index contributed by atoms with van der Waals surface area (Å²) in [5.74, 6) is 2.10. The molecule has 306 valence electrons. The number of carbonyl (C=O) groups is 1. The Labute approximate surface area is 330 Å². The van der Waals surface area contributed by atoms with Crippen LogP contribution in [0.2, 0.25) is 0 Å². The van der Waals surface area contributed by atoms with E-state index in [0.29, 0.717) is 54.8 Å². The number of hydrogen-bond acceptors (Lipinski definition) is 6. The van der Waals surface area contributed by atoms with Crippen LogP contribution in [-0.2, 0) is 0 Å². The van der Waals surface area contributed by atoms with Crippen LogP contribution in [0.15, 0.2) is 36.4 Å². The van der Waals surface area contributed by atoms with E-state index in [9.17, 15) is 9.90 Å². The fraction of sp³-hybridized carbons (Fsp3) is 0.688. The molecule has 6 heteroatoms. The minimum atomic E-state index is -0.273. The smallest absolute Gasteiger partial charge is 0.203 e. The Bertz CT molecular complexity index is 1240. The number of aryl methyl sites for hydroxylation is 1. The maximum atomic E-state index is 13.5. The van der Waals surface area contributed by atoms with Gasteiger partial charge in [-0.2, -0.15) is 0 Å². The summed E-state index contributed by atoms with van der Waals surface area (Å²) in [6, 6.07) is 9.08. The third kappa shape index (κ3) is 20.5. The molecular formula is C48H78O6. The Kier molecular flexibility index (Phi) is 27.1. The van der Waals surface area contributed by atoms with Crippen LogP contribution in [0.1, 0.15) is 203 Å². The van der Waals surface area contributed by atoms with Crippen molar-refractivity contribution in [1.29, 1.82) is 0 Å². The first-order valence-corrected chi connectivity index (χ1v) is 22.2. The summed E-state index contributed by atoms with van der Waals surface area (Å²) in [5, 5.41) is 11.4. The summed E-state index contributed by atoms with van der Waals surface area (Å²) in [4.78, 5) is 13.5. The average Bonchev–Trinajstić information content (AvgIpc) is 3.17. The molecule has 0 aliphatic carbocycles. The number of allylic oxidation sites excluding steroid dienone is 1. The normalized spacial score (nSPS) is 11.5. The Morgan fingerprint density at radius 3 is 1.26 bits per heavy atom. The highest BCUT2D eigenvalue weighted by Gasteiger charge is 2.19. The van der Waals surface area contributed by atoms with Gasteiger partial charge < -0.3 is 24.1 Å². The van der Waals surface area contributed by atoms with E-state index in [1.54, 1.807) is 18.2 Å². The molecule has 0 atom stereocenters. The zero-order valence-electron chi connectivity index (χ0n) is 35.3. The predicted molar refractivity (Wildman–Crippen MR) is 228 cm³/mol. The van der Waals surface area contributed by atoms with Crippen LogP contribution in [0.25, 0.3) is 5.76 Å². The van der Waals surface area contributed by atoms with E-state index in [-0.39, 0.29) is 11.5 Å². The van der Waals surface area contributed by atoms with Crippen LogP contribution in [0.4, 0.5) is 0 Å². The Balaban J connectivity index is 2.26. The highest BCUT2D eigenvalue weighted by Crippen LogP contribution is 2.41. The molecule has 54 heavy (non-hydrogen) atoms. The van der Waals surface area contributed by atoms with Crippen molar-refractivity contribution in [3.63, 3.8) is 0 Å². The molecule has 0 aliphatic heterocycles. The Morgan fingerprint density at radius 2 is 0.852 bits per heavy atom. The highest BCUT2D eigenvalue weighted by molar-refractivity contribution is 6.08. The van der Waals surface area contributed by atoms with E-state index in [2.05, 4.69) is 27.7 Å². The van der Waals surface area contributed by atoms with Crippen LogP contribution >= 0.6 is 0 Å². The van der Waals surface area contributed by atoms with Crippen LogP contribution in [-0.4, -0.2) is 37.3 Å².